The first-order valence-electron chi connectivity index (χ1n) is 5.01. The smallest absolute Gasteiger partial charge is 0.321 e. The average molecular weight is 235 g/mol. The molecule has 0 unspecified atom stereocenters. The number of carbonyl (C=O) groups excluding carboxylic acids is 1. The van der Waals surface area contributed by atoms with Crippen LogP contribution >= 0.6 is 0 Å². The van der Waals surface area contributed by atoms with Crippen LogP contribution in [0, 0.1) is 17.7 Å². The first kappa shape index (κ1) is 13.0. The summed E-state index contributed by atoms with van der Waals surface area (Å²) < 4.78 is 13.5. The lowest BCUT2D eigenvalue weighted by atomic mass is 10.2. The lowest BCUT2D eigenvalue weighted by Crippen LogP contribution is -2.27. The minimum atomic E-state index is -0.484. The Kier molecular flexibility index (Phi) is 4.49. The van der Waals surface area contributed by atoms with Crippen LogP contribution in [0.15, 0.2) is 18.2 Å². The highest BCUT2D eigenvalue weighted by Crippen LogP contribution is 2.14. The highest BCUT2D eigenvalue weighted by Gasteiger charge is 2.06. The van der Waals surface area contributed by atoms with Crippen molar-refractivity contribution in [2.24, 2.45) is 5.73 Å². The quantitative estimate of drug-likeness (QED) is 0.719. The third-order valence-corrected chi connectivity index (χ3v) is 1.95. The van der Waals surface area contributed by atoms with Crippen molar-refractivity contribution in [2.75, 3.05) is 26.0 Å². The van der Waals surface area contributed by atoms with Gasteiger partial charge >= 0.3 is 6.03 Å². The highest BCUT2D eigenvalue weighted by atomic mass is 19.1. The van der Waals surface area contributed by atoms with E-state index in [0.717, 1.165) is 0 Å². The summed E-state index contributed by atoms with van der Waals surface area (Å²) in [7, 11) is 3.21. The Morgan fingerprint density at radius 3 is 2.76 bits per heavy atom. The molecule has 5 heteroatoms. The minimum Gasteiger partial charge on any atom is -0.331 e. The van der Waals surface area contributed by atoms with E-state index in [0.29, 0.717) is 5.69 Å². The summed E-state index contributed by atoms with van der Waals surface area (Å²) >= 11 is 0. The fourth-order valence-corrected chi connectivity index (χ4v) is 1.08. The number of amides is 2. The molecule has 17 heavy (non-hydrogen) atoms. The largest absolute Gasteiger partial charge is 0.331 e. The zero-order valence-corrected chi connectivity index (χ0v) is 9.75. The van der Waals surface area contributed by atoms with Crippen molar-refractivity contribution in [1.29, 1.82) is 0 Å². The van der Waals surface area contributed by atoms with Crippen molar-refractivity contribution in [3.8, 4) is 11.8 Å². The number of rotatable bonds is 1. The van der Waals surface area contributed by atoms with Crippen LogP contribution in [0.4, 0.5) is 14.9 Å². The van der Waals surface area contributed by atoms with Gasteiger partial charge in [0.25, 0.3) is 0 Å². The molecule has 0 saturated carbocycles. The molecule has 1 rings (SSSR count). The maximum absolute atomic E-state index is 13.5. The molecule has 3 N–H and O–H groups in total. The summed E-state index contributed by atoms with van der Waals surface area (Å²) in [4.78, 5) is 12.7. The van der Waals surface area contributed by atoms with Crippen LogP contribution in [0.5, 0.6) is 0 Å². The lowest BCUT2D eigenvalue weighted by molar-refractivity contribution is 0.230. The Bertz CT molecular complexity index is 474. The summed E-state index contributed by atoms with van der Waals surface area (Å²) in [6.45, 7) is 0.179. The minimum absolute atomic E-state index is 0.179. The van der Waals surface area contributed by atoms with Gasteiger partial charge in [-0.15, -0.1) is 0 Å². The van der Waals surface area contributed by atoms with Crippen LogP contribution in [0.25, 0.3) is 0 Å². The van der Waals surface area contributed by atoms with Crippen LogP contribution in [-0.2, 0) is 0 Å². The predicted octanol–water partition coefficient (Wildman–Crippen LogP) is 1.23. The molecule has 0 fully saturated rings. The molecule has 0 aromatic heterocycles. The van der Waals surface area contributed by atoms with Crippen molar-refractivity contribution < 1.29 is 9.18 Å². The van der Waals surface area contributed by atoms with E-state index in [-0.39, 0.29) is 18.1 Å². The second-order valence-corrected chi connectivity index (χ2v) is 3.53. The standard InChI is InChI=1S/C12H14FN3O/c1-16(2)12(17)15-10-6-5-9(4-3-7-14)11(13)8-10/h5-6,8H,7,14H2,1-2H3,(H,15,17). The number of nitrogens with zero attached hydrogens (tertiary/aromatic N) is 1. The van der Waals surface area contributed by atoms with Gasteiger partial charge in [0.1, 0.15) is 5.82 Å². The number of hydrogen-bond donors (Lipinski definition) is 2. The van der Waals surface area contributed by atoms with Gasteiger partial charge in [0, 0.05) is 19.8 Å². The van der Waals surface area contributed by atoms with E-state index in [9.17, 15) is 9.18 Å². The predicted molar refractivity (Wildman–Crippen MR) is 65.0 cm³/mol. The Labute approximate surface area is 99.6 Å². The molecule has 2 amide bonds. The SMILES string of the molecule is CN(C)C(=O)Nc1ccc(C#CCN)c(F)c1. The number of hydrogen-bond acceptors (Lipinski definition) is 2. The topological polar surface area (TPSA) is 58.4 Å². The molecule has 0 saturated heterocycles. The fraction of sp³-hybridized carbons (Fsp3) is 0.250. The molecule has 0 spiro atoms. The fourth-order valence-electron chi connectivity index (χ4n) is 1.08. The Balaban J connectivity index is 2.86. The van der Waals surface area contributed by atoms with Crippen molar-refractivity contribution in [3.63, 3.8) is 0 Å². The van der Waals surface area contributed by atoms with Gasteiger partial charge in [0.05, 0.1) is 12.1 Å². The average Bonchev–Trinajstić information content (AvgIpc) is 2.28. The van der Waals surface area contributed by atoms with E-state index in [1.807, 2.05) is 0 Å². The first-order chi connectivity index (χ1) is 8.04. The van der Waals surface area contributed by atoms with Crippen LogP contribution in [0.1, 0.15) is 5.56 Å². The Hall–Kier alpha value is -2.06. The number of carbonyl (C=O) groups is 1. The number of anilines is 1. The molecule has 0 atom stereocenters. The monoisotopic (exact) mass is 235 g/mol. The second kappa shape index (κ2) is 5.87. The number of halogens is 1. The molecule has 0 bridgehead atoms. The zero-order valence-electron chi connectivity index (χ0n) is 9.75. The summed E-state index contributed by atoms with van der Waals surface area (Å²) in [5.74, 6) is 4.69. The van der Waals surface area contributed by atoms with Gasteiger partial charge < -0.3 is 16.0 Å². The normalized spacial score (nSPS) is 9.18. The van der Waals surface area contributed by atoms with E-state index in [4.69, 9.17) is 5.73 Å². The number of urea groups is 1. The highest BCUT2D eigenvalue weighted by molar-refractivity contribution is 5.88. The van der Waals surface area contributed by atoms with Crippen LogP contribution in [-0.4, -0.2) is 31.6 Å². The van der Waals surface area contributed by atoms with E-state index in [2.05, 4.69) is 17.2 Å². The lowest BCUT2D eigenvalue weighted by Gasteiger charge is -2.12. The third kappa shape index (κ3) is 3.78. The van der Waals surface area contributed by atoms with Crippen molar-refractivity contribution in [3.05, 3.63) is 29.6 Å². The number of nitrogens with two attached hydrogens (primary N) is 1. The van der Waals surface area contributed by atoms with Crippen molar-refractivity contribution >= 4 is 11.7 Å². The number of nitrogens with one attached hydrogen (secondary N) is 1. The van der Waals surface area contributed by atoms with E-state index in [1.165, 1.54) is 17.0 Å². The van der Waals surface area contributed by atoms with Gasteiger partial charge in [-0.25, -0.2) is 9.18 Å². The molecule has 0 heterocycles. The number of benzene rings is 1. The molecule has 1 aromatic carbocycles. The van der Waals surface area contributed by atoms with Gasteiger partial charge in [-0.2, -0.15) is 0 Å². The maximum Gasteiger partial charge on any atom is 0.321 e. The van der Waals surface area contributed by atoms with E-state index < -0.39 is 5.82 Å². The molecule has 0 radical (unpaired) electrons. The van der Waals surface area contributed by atoms with Gasteiger partial charge in [0.2, 0.25) is 0 Å². The van der Waals surface area contributed by atoms with Gasteiger partial charge in [-0.05, 0) is 18.2 Å². The van der Waals surface area contributed by atoms with E-state index in [1.54, 1.807) is 20.2 Å². The molecule has 4 nitrogen and oxygen atoms in total. The van der Waals surface area contributed by atoms with Gasteiger partial charge in [0.15, 0.2) is 0 Å². The summed E-state index contributed by atoms with van der Waals surface area (Å²) in [6, 6.07) is 4.00. The van der Waals surface area contributed by atoms with Crippen molar-refractivity contribution in [1.82, 2.24) is 4.90 Å². The summed E-state index contributed by atoms with van der Waals surface area (Å²) in [5, 5.41) is 2.54. The van der Waals surface area contributed by atoms with Crippen molar-refractivity contribution in [2.45, 2.75) is 0 Å². The first-order valence-corrected chi connectivity index (χ1v) is 5.01. The molecule has 0 aliphatic carbocycles. The zero-order chi connectivity index (χ0) is 12.8. The molecule has 0 aliphatic heterocycles. The summed E-state index contributed by atoms with van der Waals surface area (Å²) in [6.07, 6.45) is 0. The van der Waals surface area contributed by atoms with E-state index >= 15 is 0 Å². The molecular weight excluding hydrogens is 221 g/mol. The van der Waals surface area contributed by atoms with Crippen LogP contribution in [0.3, 0.4) is 0 Å². The Morgan fingerprint density at radius 1 is 1.53 bits per heavy atom. The summed E-state index contributed by atoms with van der Waals surface area (Å²) in [5.41, 5.74) is 5.85. The Morgan fingerprint density at radius 2 is 2.24 bits per heavy atom. The molecule has 0 aliphatic rings. The maximum atomic E-state index is 13.5. The third-order valence-electron chi connectivity index (χ3n) is 1.95. The molecular formula is C12H14FN3O. The van der Waals surface area contributed by atoms with Crippen LogP contribution < -0.4 is 11.1 Å². The molecule has 90 valence electrons. The van der Waals surface area contributed by atoms with Gasteiger partial charge in [-0.3, -0.25) is 0 Å². The molecule has 1 aromatic rings. The second-order valence-electron chi connectivity index (χ2n) is 3.53. The van der Waals surface area contributed by atoms with Crippen LogP contribution in [0.2, 0.25) is 0 Å². The van der Waals surface area contributed by atoms with Gasteiger partial charge in [-0.1, -0.05) is 11.8 Å².